The minimum atomic E-state index is -0.0269. The van der Waals surface area contributed by atoms with Gasteiger partial charge in [0.05, 0.1) is 24.7 Å². The van der Waals surface area contributed by atoms with Gasteiger partial charge in [0.1, 0.15) is 5.75 Å². The SMILES string of the molecule is COc1ccc(CCC(=O)Nc2cnn(C)c2-c2ccccc2)cc1. The third-order valence-electron chi connectivity index (χ3n) is 4.06. The molecule has 128 valence electrons. The lowest BCUT2D eigenvalue weighted by atomic mass is 10.1. The van der Waals surface area contributed by atoms with Crippen LogP contribution < -0.4 is 10.1 Å². The maximum Gasteiger partial charge on any atom is 0.224 e. The van der Waals surface area contributed by atoms with Crippen molar-refractivity contribution in [1.82, 2.24) is 9.78 Å². The molecule has 25 heavy (non-hydrogen) atoms. The van der Waals surface area contributed by atoms with E-state index in [1.807, 2.05) is 61.6 Å². The zero-order valence-corrected chi connectivity index (χ0v) is 14.4. The molecule has 1 amide bonds. The molecule has 5 heteroatoms. The van der Waals surface area contributed by atoms with E-state index in [4.69, 9.17) is 4.74 Å². The zero-order chi connectivity index (χ0) is 17.6. The number of benzene rings is 2. The monoisotopic (exact) mass is 335 g/mol. The van der Waals surface area contributed by atoms with Crippen molar-refractivity contribution in [2.45, 2.75) is 12.8 Å². The van der Waals surface area contributed by atoms with Crippen LogP contribution in [0.5, 0.6) is 5.75 Å². The van der Waals surface area contributed by atoms with Crippen LogP contribution in [0, 0.1) is 0 Å². The van der Waals surface area contributed by atoms with Crippen LogP contribution in [0.4, 0.5) is 5.69 Å². The van der Waals surface area contributed by atoms with Crippen LogP contribution in [-0.2, 0) is 18.3 Å². The van der Waals surface area contributed by atoms with Gasteiger partial charge in [0.25, 0.3) is 0 Å². The number of aromatic nitrogens is 2. The van der Waals surface area contributed by atoms with Crippen molar-refractivity contribution in [3.8, 4) is 17.0 Å². The van der Waals surface area contributed by atoms with E-state index in [1.165, 1.54) is 0 Å². The fourth-order valence-electron chi connectivity index (χ4n) is 2.73. The molecule has 0 atom stereocenters. The summed E-state index contributed by atoms with van der Waals surface area (Å²) in [6, 6.07) is 17.7. The topological polar surface area (TPSA) is 56.1 Å². The van der Waals surface area contributed by atoms with Crippen LogP contribution >= 0.6 is 0 Å². The molecule has 2 aromatic carbocycles. The van der Waals surface area contributed by atoms with Crippen LogP contribution in [0.1, 0.15) is 12.0 Å². The van der Waals surface area contributed by atoms with Gasteiger partial charge in [0, 0.05) is 19.0 Å². The molecule has 1 N–H and O–H groups in total. The maximum absolute atomic E-state index is 12.3. The minimum Gasteiger partial charge on any atom is -0.497 e. The summed E-state index contributed by atoms with van der Waals surface area (Å²) >= 11 is 0. The van der Waals surface area contributed by atoms with E-state index in [0.717, 1.165) is 28.3 Å². The van der Waals surface area contributed by atoms with Gasteiger partial charge in [-0.25, -0.2) is 0 Å². The second-order valence-electron chi connectivity index (χ2n) is 5.79. The fourth-order valence-corrected chi connectivity index (χ4v) is 2.73. The van der Waals surface area contributed by atoms with Gasteiger partial charge >= 0.3 is 0 Å². The number of ether oxygens (including phenoxy) is 1. The average Bonchev–Trinajstić information content (AvgIpc) is 3.01. The largest absolute Gasteiger partial charge is 0.497 e. The molecule has 0 saturated heterocycles. The molecule has 0 bridgehead atoms. The molecule has 1 aromatic heterocycles. The Morgan fingerprint density at radius 3 is 2.52 bits per heavy atom. The van der Waals surface area contributed by atoms with Gasteiger partial charge in [0.15, 0.2) is 0 Å². The first-order chi connectivity index (χ1) is 12.2. The number of carbonyl (C=O) groups is 1. The van der Waals surface area contributed by atoms with Crippen LogP contribution in [0.3, 0.4) is 0 Å². The lowest BCUT2D eigenvalue weighted by Crippen LogP contribution is -2.12. The number of nitrogens with one attached hydrogen (secondary N) is 1. The van der Waals surface area contributed by atoms with E-state index in [2.05, 4.69) is 10.4 Å². The van der Waals surface area contributed by atoms with Gasteiger partial charge in [0.2, 0.25) is 5.91 Å². The number of nitrogens with zero attached hydrogens (tertiary/aromatic N) is 2. The standard InChI is InChI=1S/C20H21N3O2/c1-23-20(16-6-4-3-5-7-16)18(14-21-23)22-19(24)13-10-15-8-11-17(25-2)12-9-15/h3-9,11-12,14H,10,13H2,1-2H3,(H,22,24). The van der Waals surface area contributed by atoms with Crippen molar-refractivity contribution in [3.05, 3.63) is 66.4 Å². The van der Waals surface area contributed by atoms with Crippen molar-refractivity contribution >= 4 is 11.6 Å². The van der Waals surface area contributed by atoms with Crippen molar-refractivity contribution < 1.29 is 9.53 Å². The van der Waals surface area contributed by atoms with E-state index in [9.17, 15) is 4.79 Å². The van der Waals surface area contributed by atoms with Crippen LogP contribution in [0.2, 0.25) is 0 Å². The van der Waals surface area contributed by atoms with E-state index in [1.54, 1.807) is 18.0 Å². The third kappa shape index (κ3) is 4.07. The predicted octanol–water partition coefficient (Wildman–Crippen LogP) is 3.67. The molecule has 0 spiro atoms. The number of hydrogen-bond acceptors (Lipinski definition) is 3. The first-order valence-electron chi connectivity index (χ1n) is 8.17. The second-order valence-corrected chi connectivity index (χ2v) is 5.79. The molecule has 0 aliphatic rings. The number of carbonyl (C=O) groups excluding carboxylic acids is 1. The van der Waals surface area contributed by atoms with Crippen molar-refractivity contribution in [3.63, 3.8) is 0 Å². The van der Waals surface area contributed by atoms with Crippen LogP contribution in [0.15, 0.2) is 60.8 Å². The van der Waals surface area contributed by atoms with Gasteiger partial charge < -0.3 is 10.1 Å². The van der Waals surface area contributed by atoms with Crippen LogP contribution in [0.25, 0.3) is 11.3 Å². The Morgan fingerprint density at radius 1 is 1.12 bits per heavy atom. The van der Waals surface area contributed by atoms with Crippen molar-refractivity contribution in [2.75, 3.05) is 12.4 Å². The van der Waals surface area contributed by atoms with Crippen molar-refractivity contribution in [2.24, 2.45) is 7.05 Å². The molecule has 1 heterocycles. The van der Waals surface area contributed by atoms with Crippen molar-refractivity contribution in [1.29, 1.82) is 0 Å². The Morgan fingerprint density at radius 2 is 1.84 bits per heavy atom. The number of aryl methyl sites for hydroxylation is 2. The summed E-state index contributed by atoms with van der Waals surface area (Å²) in [4.78, 5) is 12.3. The molecule has 3 aromatic rings. The predicted molar refractivity (Wildman–Crippen MR) is 98.6 cm³/mol. The summed E-state index contributed by atoms with van der Waals surface area (Å²) in [5.74, 6) is 0.789. The maximum atomic E-state index is 12.3. The molecule has 0 fully saturated rings. The summed E-state index contributed by atoms with van der Waals surface area (Å²) in [5.41, 5.74) is 3.75. The first-order valence-corrected chi connectivity index (χ1v) is 8.17. The van der Waals surface area contributed by atoms with Gasteiger partial charge in [-0.3, -0.25) is 9.48 Å². The summed E-state index contributed by atoms with van der Waals surface area (Å²) in [6.45, 7) is 0. The lowest BCUT2D eigenvalue weighted by Gasteiger charge is -2.08. The Hall–Kier alpha value is -3.08. The van der Waals surface area contributed by atoms with E-state index in [0.29, 0.717) is 12.8 Å². The Kier molecular flexibility index (Phi) is 5.14. The second kappa shape index (κ2) is 7.66. The highest BCUT2D eigenvalue weighted by Crippen LogP contribution is 2.27. The number of rotatable bonds is 6. The summed E-state index contributed by atoms with van der Waals surface area (Å²) in [5, 5.41) is 7.25. The summed E-state index contributed by atoms with van der Waals surface area (Å²) in [7, 11) is 3.51. The quantitative estimate of drug-likeness (QED) is 0.748. The Labute approximate surface area is 147 Å². The number of amides is 1. The fraction of sp³-hybridized carbons (Fsp3) is 0.200. The Balaban J connectivity index is 1.65. The smallest absolute Gasteiger partial charge is 0.224 e. The van der Waals surface area contributed by atoms with Gasteiger partial charge in [-0.2, -0.15) is 5.10 Å². The zero-order valence-electron chi connectivity index (χ0n) is 14.4. The normalized spacial score (nSPS) is 10.5. The van der Waals surface area contributed by atoms with Gasteiger partial charge in [-0.1, -0.05) is 42.5 Å². The summed E-state index contributed by atoms with van der Waals surface area (Å²) in [6.07, 6.45) is 2.78. The van der Waals surface area contributed by atoms with Gasteiger partial charge in [-0.15, -0.1) is 0 Å². The molecular weight excluding hydrogens is 314 g/mol. The highest BCUT2D eigenvalue weighted by atomic mass is 16.5. The molecule has 0 aliphatic heterocycles. The highest BCUT2D eigenvalue weighted by Gasteiger charge is 2.13. The molecule has 0 saturated carbocycles. The average molecular weight is 335 g/mol. The molecule has 0 unspecified atom stereocenters. The highest BCUT2D eigenvalue weighted by molar-refractivity contribution is 5.94. The Bertz CT molecular complexity index is 839. The number of hydrogen-bond donors (Lipinski definition) is 1. The third-order valence-corrected chi connectivity index (χ3v) is 4.06. The van der Waals surface area contributed by atoms with E-state index >= 15 is 0 Å². The van der Waals surface area contributed by atoms with E-state index < -0.39 is 0 Å². The van der Waals surface area contributed by atoms with Gasteiger partial charge in [-0.05, 0) is 24.1 Å². The summed E-state index contributed by atoms with van der Waals surface area (Å²) < 4.78 is 6.91. The molecule has 3 rings (SSSR count). The minimum absolute atomic E-state index is 0.0269. The van der Waals surface area contributed by atoms with E-state index in [-0.39, 0.29) is 5.91 Å². The first kappa shape index (κ1) is 16.8. The lowest BCUT2D eigenvalue weighted by molar-refractivity contribution is -0.116. The molecule has 5 nitrogen and oxygen atoms in total. The van der Waals surface area contributed by atoms with Crippen LogP contribution in [-0.4, -0.2) is 22.8 Å². The molecule has 0 aliphatic carbocycles. The molecular formula is C20H21N3O2. The number of methoxy groups -OCH3 is 1. The molecule has 0 radical (unpaired) electrons. The number of anilines is 1.